The highest BCUT2D eigenvalue weighted by atomic mass is 28.5. The molecule has 8 heterocycles. The fourth-order valence-electron chi connectivity index (χ4n) is 15.3. The van der Waals surface area contributed by atoms with Crippen molar-refractivity contribution in [1.29, 1.82) is 0 Å². The highest BCUT2D eigenvalue weighted by molar-refractivity contribution is 6.88. The van der Waals surface area contributed by atoms with Crippen LogP contribution in [0.5, 0.6) is 0 Å². The second-order valence-corrected chi connectivity index (χ2v) is 60.1. The first-order valence-corrected chi connectivity index (χ1v) is 59.8. The van der Waals surface area contributed by atoms with E-state index in [2.05, 4.69) is 58.5 Å². The zero-order valence-corrected chi connectivity index (χ0v) is 66.0. The first-order chi connectivity index (χ1) is 39.9. The number of ether oxygens (including phenoxy) is 5. The standard InChI is InChI=1S/C20H40O7Si4.C20H40O6Si4.C8H12O.C4H16O4Si4.O2/c1-28-24-29(2,11-9-15-5-7-17-19(13-15)22-17)26-31(4,21)27-30(3,25-28)12-10-16-6-8-18-20(14-16)23-18;1-27-23-29(3,11-9-15-5-7-17-19(13-15)21-17)25-28(2)26-30(4,24-27)12-10-16-6-8-18-20(14-16)22-18;1-2-6-3-4-7-8(5-6)9-7;1-9-5-10(2)7-12(4)8-11(3)6-9;1-2/h15-21,28H,5-14H2,1-4H3;15-20,27-28H,5-14H2,1-4H3;2,6-8H,1,3-5H2;9-12H,1-4H3;. The molecule has 13 aliphatic rings. The van der Waals surface area contributed by atoms with E-state index < -0.39 is 108 Å². The molecule has 17 unspecified atom stereocenters. The van der Waals surface area contributed by atoms with Crippen molar-refractivity contribution in [2.75, 3.05) is 0 Å². The smallest absolute Gasteiger partial charge is 0.420 e. The van der Waals surface area contributed by atoms with Crippen LogP contribution in [0.15, 0.2) is 12.7 Å². The number of hydrogen-bond acceptors (Lipinski definition) is 20. The molecular formula is C52H108O20Si12. The van der Waals surface area contributed by atoms with Gasteiger partial charge >= 0.3 is 70.9 Å². The number of rotatable bonds is 13. The fraction of sp³-hybridized carbons (Fsp3) is 0.962. The van der Waals surface area contributed by atoms with Crippen LogP contribution >= 0.6 is 0 Å². The molecule has 0 spiro atoms. The third kappa shape index (κ3) is 21.9. The van der Waals surface area contributed by atoms with Crippen molar-refractivity contribution in [3.63, 3.8) is 0 Å². The Morgan fingerprint density at radius 3 is 0.881 bits per heavy atom. The van der Waals surface area contributed by atoms with Gasteiger partial charge < -0.3 is 77.9 Å². The predicted molar refractivity (Wildman–Crippen MR) is 349 cm³/mol. The van der Waals surface area contributed by atoms with E-state index in [9.17, 15) is 4.80 Å². The molecule has 0 bridgehead atoms. The Morgan fingerprint density at radius 1 is 0.369 bits per heavy atom. The van der Waals surface area contributed by atoms with Gasteiger partial charge in [-0.1, -0.05) is 6.08 Å². The Labute approximate surface area is 520 Å². The molecule has 0 radical (unpaired) electrons. The fourth-order valence-corrected chi connectivity index (χ4v) is 63.0. The molecule has 32 heteroatoms. The Bertz CT molecular complexity index is 1940. The summed E-state index contributed by atoms with van der Waals surface area (Å²) in [5.41, 5.74) is 0. The number of hydrogen-bond donors (Lipinski definition) is 1. The summed E-state index contributed by atoms with van der Waals surface area (Å²) in [6.07, 6.45) is 30.8. The van der Waals surface area contributed by atoms with Crippen molar-refractivity contribution in [3.8, 4) is 0 Å². The molecular weight excluding hydrogens is 1280 g/mol. The maximum absolute atomic E-state index is 11.2. The predicted octanol–water partition coefficient (Wildman–Crippen LogP) is 8.64. The van der Waals surface area contributed by atoms with Crippen molar-refractivity contribution in [1.82, 2.24) is 0 Å². The van der Waals surface area contributed by atoms with Gasteiger partial charge in [-0.05, 0) is 248 Å². The Kier molecular flexibility index (Phi) is 25.3. The molecule has 1 N–H and O–H groups in total. The van der Waals surface area contributed by atoms with E-state index in [1.54, 1.807) is 6.55 Å². The summed E-state index contributed by atoms with van der Waals surface area (Å²) in [6.45, 7) is 28.9. The second kappa shape index (κ2) is 30.5. The van der Waals surface area contributed by atoms with E-state index in [1.165, 1.54) is 109 Å². The van der Waals surface area contributed by atoms with E-state index in [0.717, 1.165) is 54.8 Å². The van der Waals surface area contributed by atoms with Gasteiger partial charge in [0.25, 0.3) is 37.1 Å². The van der Waals surface area contributed by atoms with Crippen LogP contribution in [-0.2, 0) is 73.1 Å². The van der Waals surface area contributed by atoms with Gasteiger partial charge in [0.05, 0.1) is 61.0 Å². The third-order valence-electron chi connectivity index (χ3n) is 19.7. The first kappa shape index (κ1) is 69.6. The average molecular weight is 1390 g/mol. The van der Waals surface area contributed by atoms with Crippen LogP contribution in [0.2, 0.25) is 103 Å². The lowest BCUT2D eigenvalue weighted by atomic mass is 9.88. The van der Waals surface area contributed by atoms with Crippen LogP contribution in [0.1, 0.15) is 122 Å². The molecule has 84 heavy (non-hydrogen) atoms. The van der Waals surface area contributed by atoms with Crippen LogP contribution < -0.4 is 0 Å². The molecule has 17 atom stereocenters. The Morgan fingerprint density at radius 2 is 0.619 bits per heavy atom. The minimum atomic E-state index is -3.31. The van der Waals surface area contributed by atoms with Gasteiger partial charge in [-0.25, -0.2) is 0 Å². The molecule has 13 fully saturated rings. The average Bonchev–Trinajstić information content (AvgIpc) is 4.15. The third-order valence-corrected chi connectivity index (χ3v) is 63.2. The van der Waals surface area contributed by atoms with E-state index >= 15 is 0 Å². The molecule has 0 aromatic rings. The normalized spacial score (nSPS) is 50.6. The summed E-state index contributed by atoms with van der Waals surface area (Å²) in [7, 11) is -23.9. The van der Waals surface area contributed by atoms with Gasteiger partial charge in [0.1, 0.15) is 0 Å². The van der Waals surface area contributed by atoms with E-state index in [0.29, 0.717) is 72.9 Å². The lowest BCUT2D eigenvalue weighted by Gasteiger charge is -2.44. The molecule has 0 amide bonds. The maximum atomic E-state index is 11.2. The largest absolute Gasteiger partial charge is 0.477 e. The van der Waals surface area contributed by atoms with Crippen LogP contribution in [-0.4, -0.2) is 174 Å². The summed E-state index contributed by atoms with van der Waals surface area (Å²) in [6, 6.07) is 3.93. The van der Waals surface area contributed by atoms with Gasteiger partial charge in [0.15, 0.2) is 0 Å². The molecule has 0 aromatic heterocycles. The zero-order chi connectivity index (χ0) is 60.2. The monoisotopic (exact) mass is 1390 g/mol. The molecule has 20 nitrogen and oxygen atoms in total. The van der Waals surface area contributed by atoms with E-state index in [1.807, 2.05) is 26.2 Å². The van der Waals surface area contributed by atoms with Gasteiger partial charge in [-0.2, -0.15) is 0 Å². The highest BCUT2D eigenvalue weighted by Crippen LogP contribution is 2.47. The Hall–Kier alpha value is 1.22. The summed E-state index contributed by atoms with van der Waals surface area (Å²) in [4.78, 5) is 25.2. The lowest BCUT2D eigenvalue weighted by Crippen LogP contribution is -2.63. The number of allylic oxidation sites excluding steroid dienone is 1. The first-order valence-electron chi connectivity index (χ1n) is 32.8. The summed E-state index contributed by atoms with van der Waals surface area (Å²) in [5.74, 6) is 3.66. The Balaban J connectivity index is 0.000000147. The van der Waals surface area contributed by atoms with Crippen molar-refractivity contribution in [2.24, 2.45) is 29.6 Å². The van der Waals surface area contributed by atoms with Gasteiger partial charge in [-0.15, -0.1) is 6.58 Å². The van der Waals surface area contributed by atoms with Crippen molar-refractivity contribution < 1.29 is 77.9 Å². The molecule has 13 rings (SSSR count). The summed E-state index contributed by atoms with van der Waals surface area (Å²) in [5, 5.41) is 0. The van der Waals surface area contributed by atoms with Gasteiger partial charge in [0.2, 0.25) is 0 Å². The minimum absolute atomic E-state index is 0.498. The van der Waals surface area contributed by atoms with Crippen LogP contribution in [0.4, 0.5) is 0 Å². The summed E-state index contributed by atoms with van der Waals surface area (Å²) < 4.78 is 103. The summed E-state index contributed by atoms with van der Waals surface area (Å²) >= 11 is 0. The van der Waals surface area contributed by atoms with E-state index in [4.69, 9.17) is 83.0 Å². The number of epoxide rings is 5. The maximum Gasteiger partial charge on any atom is 0.477 e. The highest BCUT2D eigenvalue weighted by Gasteiger charge is 2.55. The van der Waals surface area contributed by atoms with Crippen molar-refractivity contribution in [2.45, 2.75) is 286 Å². The second-order valence-electron chi connectivity index (χ2n) is 27.6. The lowest BCUT2D eigenvalue weighted by molar-refractivity contribution is 0.175. The van der Waals surface area contributed by atoms with Gasteiger partial charge in [-0.3, -0.25) is 0 Å². The minimum Gasteiger partial charge on any atom is -0.420 e. The van der Waals surface area contributed by atoms with Gasteiger partial charge in [0, 0.05) is 16.5 Å². The molecule has 484 valence electrons. The van der Waals surface area contributed by atoms with Crippen LogP contribution in [0.25, 0.3) is 0 Å². The molecule has 5 saturated carbocycles. The number of fused-ring (bicyclic) bond motifs is 5. The van der Waals surface area contributed by atoms with Crippen molar-refractivity contribution in [3.05, 3.63) is 22.6 Å². The molecule has 0 aromatic carbocycles. The molecule has 8 saturated heterocycles. The zero-order valence-electron chi connectivity index (χ0n) is 53.0. The molecule has 5 aliphatic carbocycles. The quantitative estimate of drug-likeness (QED) is 0.103. The SMILES string of the molecule is C=CC1CCC2OC2C1.C[SiH]1O[SiH](C)O[SiH](C)O[SiH](C)O1.C[SiH]1O[Si](C)(CCC2CCC3OC3C2)O[SiH](C)O[Si](C)(CCC2CCC3OC3C2)O1.C[SiH]1O[Si](C)(CCC2CCC3OC3C2)O[Si](C)(O)O[Si](C)(CCC2CCC3OC3C2)O1.O=O. The van der Waals surface area contributed by atoms with Crippen LogP contribution in [0, 0.1) is 39.5 Å². The van der Waals surface area contributed by atoms with Crippen molar-refractivity contribution >= 4 is 108 Å². The topological polar surface area (TPSA) is 228 Å². The van der Waals surface area contributed by atoms with E-state index in [-0.39, 0.29) is 0 Å². The van der Waals surface area contributed by atoms with Crippen LogP contribution in [0.3, 0.4) is 0 Å². The molecule has 8 aliphatic heterocycles.